The molecule has 3 rings (SSSR count). The molecule has 0 saturated carbocycles. The Balaban J connectivity index is 0.00000121. The Bertz CT molecular complexity index is 671. The number of benzene rings is 1. The number of hydrogen-bond acceptors (Lipinski definition) is 3. The van der Waals surface area contributed by atoms with E-state index in [9.17, 15) is 9.18 Å². The lowest BCUT2D eigenvalue weighted by Crippen LogP contribution is -2.42. The molecule has 1 aromatic heterocycles. The SMILES string of the molecule is Cl.Cl.O=c1cc(CN[C@H]2CCCNC2)[nH]c2c(F)cccc12. The van der Waals surface area contributed by atoms with Gasteiger partial charge in [-0.3, -0.25) is 4.79 Å². The van der Waals surface area contributed by atoms with Gasteiger partial charge in [0, 0.05) is 36.3 Å². The Labute approximate surface area is 140 Å². The van der Waals surface area contributed by atoms with E-state index in [1.165, 1.54) is 6.07 Å². The van der Waals surface area contributed by atoms with Crippen LogP contribution in [0.25, 0.3) is 10.9 Å². The minimum atomic E-state index is -0.388. The predicted molar refractivity (Wildman–Crippen MR) is 91.8 cm³/mol. The number of pyridine rings is 1. The van der Waals surface area contributed by atoms with Gasteiger partial charge < -0.3 is 15.6 Å². The Morgan fingerprint density at radius 2 is 2.14 bits per heavy atom. The number of hydrogen-bond donors (Lipinski definition) is 3. The highest BCUT2D eigenvalue weighted by Crippen LogP contribution is 2.12. The molecule has 1 saturated heterocycles. The number of aromatic nitrogens is 1. The number of halogens is 3. The topological polar surface area (TPSA) is 56.9 Å². The van der Waals surface area contributed by atoms with Gasteiger partial charge in [0.15, 0.2) is 5.43 Å². The van der Waals surface area contributed by atoms with E-state index in [2.05, 4.69) is 15.6 Å². The van der Waals surface area contributed by atoms with Crippen molar-refractivity contribution in [3.8, 4) is 0 Å². The second-order valence-electron chi connectivity index (χ2n) is 5.25. The summed E-state index contributed by atoms with van der Waals surface area (Å²) in [5.41, 5.74) is 0.869. The summed E-state index contributed by atoms with van der Waals surface area (Å²) in [6, 6.07) is 6.51. The molecule has 0 radical (unpaired) electrons. The fraction of sp³-hybridized carbons (Fsp3) is 0.400. The van der Waals surface area contributed by atoms with Gasteiger partial charge >= 0.3 is 0 Å². The summed E-state index contributed by atoms with van der Waals surface area (Å²) in [7, 11) is 0. The van der Waals surface area contributed by atoms with Crippen LogP contribution in [0.3, 0.4) is 0 Å². The van der Waals surface area contributed by atoms with E-state index in [-0.39, 0.29) is 36.1 Å². The van der Waals surface area contributed by atoms with Crippen molar-refractivity contribution in [2.45, 2.75) is 25.4 Å². The van der Waals surface area contributed by atoms with E-state index in [0.717, 1.165) is 31.6 Å². The molecule has 0 aliphatic carbocycles. The van der Waals surface area contributed by atoms with Gasteiger partial charge in [0.2, 0.25) is 0 Å². The van der Waals surface area contributed by atoms with Crippen LogP contribution in [0.2, 0.25) is 0 Å². The van der Waals surface area contributed by atoms with Crippen molar-refractivity contribution in [1.29, 1.82) is 0 Å². The number of nitrogens with one attached hydrogen (secondary N) is 3. The van der Waals surface area contributed by atoms with Crippen LogP contribution in [-0.4, -0.2) is 24.1 Å². The van der Waals surface area contributed by atoms with E-state index in [0.29, 0.717) is 23.5 Å². The molecule has 0 spiro atoms. The third-order valence-corrected chi connectivity index (χ3v) is 3.75. The Hall–Kier alpha value is -1.14. The summed E-state index contributed by atoms with van der Waals surface area (Å²) in [6.45, 7) is 2.55. The highest BCUT2D eigenvalue weighted by Gasteiger charge is 2.12. The largest absolute Gasteiger partial charge is 0.355 e. The molecule has 1 aromatic carbocycles. The van der Waals surface area contributed by atoms with Crippen molar-refractivity contribution >= 4 is 35.7 Å². The summed E-state index contributed by atoms with van der Waals surface area (Å²) >= 11 is 0. The van der Waals surface area contributed by atoms with Gasteiger partial charge in [0.05, 0.1) is 5.52 Å². The second kappa shape index (κ2) is 8.48. The molecule has 2 heterocycles. The van der Waals surface area contributed by atoms with Crippen molar-refractivity contribution in [1.82, 2.24) is 15.6 Å². The van der Waals surface area contributed by atoms with Gasteiger partial charge in [-0.1, -0.05) is 6.07 Å². The van der Waals surface area contributed by atoms with Crippen LogP contribution in [0.5, 0.6) is 0 Å². The van der Waals surface area contributed by atoms with Crippen LogP contribution in [0.15, 0.2) is 29.1 Å². The quantitative estimate of drug-likeness (QED) is 0.798. The van der Waals surface area contributed by atoms with Crippen LogP contribution in [0.1, 0.15) is 18.5 Å². The van der Waals surface area contributed by atoms with Crippen LogP contribution in [0, 0.1) is 5.82 Å². The smallest absolute Gasteiger partial charge is 0.189 e. The van der Waals surface area contributed by atoms with Crippen LogP contribution >= 0.6 is 24.8 Å². The molecule has 0 bridgehead atoms. The summed E-state index contributed by atoms with van der Waals surface area (Å²) in [6.07, 6.45) is 2.28. The molecule has 122 valence electrons. The molecular weight excluding hydrogens is 328 g/mol. The standard InChI is InChI=1S/C15H18FN3O.2ClH/c16-13-5-1-4-12-14(20)7-11(19-15(12)13)9-18-10-3-2-6-17-8-10;;/h1,4-5,7,10,17-18H,2-3,6,8-9H2,(H,19,20);2*1H/t10-;;/m0../s1. The van der Waals surface area contributed by atoms with Crippen molar-refractivity contribution in [2.24, 2.45) is 0 Å². The molecular formula is C15H20Cl2FN3O. The van der Waals surface area contributed by atoms with Gasteiger partial charge in [-0.05, 0) is 31.5 Å². The summed E-state index contributed by atoms with van der Waals surface area (Å²) in [5, 5.41) is 7.12. The fourth-order valence-electron chi connectivity index (χ4n) is 2.66. The van der Waals surface area contributed by atoms with Gasteiger partial charge in [-0.25, -0.2) is 4.39 Å². The number of fused-ring (bicyclic) bond motifs is 1. The Morgan fingerprint density at radius 1 is 1.32 bits per heavy atom. The molecule has 1 atom stereocenters. The molecule has 0 unspecified atom stereocenters. The third kappa shape index (κ3) is 4.20. The highest BCUT2D eigenvalue weighted by molar-refractivity contribution is 5.85. The first kappa shape index (κ1) is 18.9. The number of piperidine rings is 1. The molecule has 22 heavy (non-hydrogen) atoms. The lowest BCUT2D eigenvalue weighted by Gasteiger charge is -2.23. The lowest BCUT2D eigenvalue weighted by atomic mass is 10.1. The van der Waals surface area contributed by atoms with Gasteiger partial charge in [-0.15, -0.1) is 24.8 Å². The normalized spacial score (nSPS) is 17.6. The lowest BCUT2D eigenvalue weighted by molar-refractivity contribution is 0.387. The highest BCUT2D eigenvalue weighted by atomic mass is 35.5. The molecule has 0 amide bonds. The van der Waals surface area contributed by atoms with E-state index >= 15 is 0 Å². The zero-order valence-corrected chi connectivity index (χ0v) is 13.7. The van der Waals surface area contributed by atoms with E-state index in [1.54, 1.807) is 18.2 Å². The van der Waals surface area contributed by atoms with E-state index in [1.807, 2.05) is 0 Å². The Morgan fingerprint density at radius 3 is 2.86 bits per heavy atom. The average molecular weight is 348 g/mol. The van der Waals surface area contributed by atoms with Crippen molar-refractivity contribution in [2.75, 3.05) is 13.1 Å². The van der Waals surface area contributed by atoms with E-state index in [4.69, 9.17) is 0 Å². The molecule has 4 nitrogen and oxygen atoms in total. The van der Waals surface area contributed by atoms with Crippen LogP contribution in [-0.2, 0) is 6.54 Å². The Kier molecular flexibility index (Phi) is 7.29. The fourth-order valence-corrected chi connectivity index (χ4v) is 2.66. The van der Waals surface area contributed by atoms with Gasteiger partial charge in [0.1, 0.15) is 5.82 Å². The predicted octanol–water partition coefficient (Wildman–Crippen LogP) is 2.35. The summed E-state index contributed by atoms with van der Waals surface area (Å²) in [4.78, 5) is 15.0. The maximum Gasteiger partial charge on any atom is 0.189 e. The number of para-hydroxylation sites is 1. The maximum absolute atomic E-state index is 13.7. The van der Waals surface area contributed by atoms with Gasteiger partial charge in [-0.2, -0.15) is 0 Å². The molecule has 7 heteroatoms. The monoisotopic (exact) mass is 347 g/mol. The second-order valence-corrected chi connectivity index (χ2v) is 5.25. The van der Waals surface area contributed by atoms with Crippen LogP contribution < -0.4 is 16.1 Å². The zero-order chi connectivity index (χ0) is 13.9. The van der Waals surface area contributed by atoms with Crippen LogP contribution in [0.4, 0.5) is 4.39 Å². The zero-order valence-electron chi connectivity index (χ0n) is 12.0. The minimum absolute atomic E-state index is 0. The maximum atomic E-state index is 13.7. The minimum Gasteiger partial charge on any atom is -0.355 e. The first-order valence-electron chi connectivity index (χ1n) is 6.98. The third-order valence-electron chi connectivity index (χ3n) is 3.75. The summed E-state index contributed by atoms with van der Waals surface area (Å²) < 4.78 is 13.7. The first-order valence-corrected chi connectivity index (χ1v) is 6.98. The molecule has 2 aromatic rings. The van der Waals surface area contributed by atoms with Crippen molar-refractivity contribution < 1.29 is 4.39 Å². The van der Waals surface area contributed by atoms with Crippen molar-refractivity contribution in [3.05, 3.63) is 46.0 Å². The molecule has 1 aliphatic heterocycles. The van der Waals surface area contributed by atoms with E-state index < -0.39 is 0 Å². The first-order chi connectivity index (χ1) is 9.74. The van der Waals surface area contributed by atoms with Crippen molar-refractivity contribution in [3.63, 3.8) is 0 Å². The van der Waals surface area contributed by atoms with Gasteiger partial charge in [0.25, 0.3) is 0 Å². The number of H-pyrrole nitrogens is 1. The average Bonchev–Trinajstić information content (AvgIpc) is 2.47. The number of rotatable bonds is 3. The number of aromatic amines is 1. The molecule has 3 N–H and O–H groups in total. The molecule has 1 aliphatic rings. The molecule has 1 fully saturated rings. The summed E-state index contributed by atoms with van der Waals surface area (Å²) in [5.74, 6) is -0.388.